The molecular weight excluding hydrogens is 212 g/mol. The highest BCUT2D eigenvalue weighted by molar-refractivity contribution is 5.95. The van der Waals surface area contributed by atoms with Gasteiger partial charge in [0.2, 0.25) is 0 Å². The van der Waals surface area contributed by atoms with Gasteiger partial charge in [-0.25, -0.2) is 4.79 Å². The van der Waals surface area contributed by atoms with Crippen LogP contribution in [0.2, 0.25) is 0 Å². The number of carbonyl (C=O) groups is 1. The second-order valence-electron chi connectivity index (χ2n) is 5.52. The molecule has 1 aliphatic rings. The summed E-state index contributed by atoms with van der Waals surface area (Å²) in [5.74, 6) is 0. The van der Waals surface area contributed by atoms with Gasteiger partial charge in [-0.1, -0.05) is 39.0 Å². The van der Waals surface area contributed by atoms with Crippen molar-refractivity contribution in [1.29, 1.82) is 0 Å². The maximum absolute atomic E-state index is 11.9. The molecule has 0 aliphatic carbocycles. The molecule has 0 atom stereocenters. The minimum absolute atomic E-state index is 0.0135. The van der Waals surface area contributed by atoms with E-state index in [1.807, 2.05) is 4.90 Å². The Hall–Kier alpha value is -1.51. The maximum atomic E-state index is 11.9. The number of nitrogens with one attached hydrogen (secondary N) is 1. The molecule has 0 aromatic heterocycles. The molecule has 0 saturated carbocycles. The van der Waals surface area contributed by atoms with Gasteiger partial charge in [-0.2, -0.15) is 0 Å². The summed E-state index contributed by atoms with van der Waals surface area (Å²) in [6, 6.07) is 6.32. The molecule has 1 aromatic rings. The van der Waals surface area contributed by atoms with Crippen molar-refractivity contribution in [1.82, 2.24) is 5.32 Å². The Morgan fingerprint density at radius 1 is 1.35 bits per heavy atom. The Morgan fingerprint density at radius 3 is 2.65 bits per heavy atom. The van der Waals surface area contributed by atoms with Crippen molar-refractivity contribution >= 4 is 11.7 Å². The topological polar surface area (TPSA) is 32.3 Å². The molecule has 2 rings (SSSR count). The van der Waals surface area contributed by atoms with Gasteiger partial charge in [-0.05, 0) is 23.0 Å². The van der Waals surface area contributed by atoms with E-state index in [1.54, 1.807) is 7.05 Å². The first kappa shape index (κ1) is 12.0. The molecule has 0 unspecified atom stereocenters. The molecule has 1 heterocycles. The van der Waals surface area contributed by atoms with Crippen LogP contribution in [0.5, 0.6) is 0 Å². The third-order valence-electron chi connectivity index (χ3n) is 3.26. The summed E-state index contributed by atoms with van der Waals surface area (Å²) < 4.78 is 0. The van der Waals surface area contributed by atoms with E-state index in [1.165, 1.54) is 11.1 Å². The molecule has 1 aliphatic heterocycles. The lowest BCUT2D eigenvalue weighted by atomic mass is 9.84. The molecular formula is C14H20N2O. The summed E-state index contributed by atoms with van der Waals surface area (Å²) in [5.41, 5.74) is 3.69. The summed E-state index contributed by atoms with van der Waals surface area (Å²) >= 11 is 0. The lowest BCUT2D eigenvalue weighted by Crippen LogP contribution is -2.37. The van der Waals surface area contributed by atoms with Gasteiger partial charge >= 0.3 is 6.03 Å². The fraction of sp³-hybridized carbons (Fsp3) is 0.500. The molecule has 0 radical (unpaired) electrons. The first-order chi connectivity index (χ1) is 7.95. The van der Waals surface area contributed by atoms with E-state index in [2.05, 4.69) is 44.3 Å². The van der Waals surface area contributed by atoms with Crippen molar-refractivity contribution in [3.05, 3.63) is 29.3 Å². The molecule has 3 heteroatoms. The largest absolute Gasteiger partial charge is 0.341 e. The predicted octanol–water partition coefficient (Wildman–Crippen LogP) is 2.69. The summed E-state index contributed by atoms with van der Waals surface area (Å²) in [6.07, 6.45) is 0.951. The Bertz CT molecular complexity index is 446. The summed E-state index contributed by atoms with van der Waals surface area (Å²) in [7, 11) is 1.68. The highest BCUT2D eigenvalue weighted by Crippen LogP contribution is 2.38. The number of urea groups is 1. The number of carbonyl (C=O) groups excluding carboxylic acids is 1. The number of fused-ring (bicyclic) bond motifs is 1. The number of nitrogens with zero attached hydrogens (tertiary/aromatic N) is 1. The first-order valence-electron chi connectivity index (χ1n) is 6.07. The minimum atomic E-state index is -0.0135. The lowest BCUT2D eigenvalue weighted by molar-refractivity contribution is 0.248. The molecule has 0 saturated heterocycles. The molecule has 3 nitrogen and oxygen atoms in total. The summed E-state index contributed by atoms with van der Waals surface area (Å²) in [6.45, 7) is 7.33. The van der Waals surface area contributed by atoms with Crippen molar-refractivity contribution in [2.45, 2.75) is 32.6 Å². The first-order valence-corrected chi connectivity index (χ1v) is 6.07. The number of hydrogen-bond acceptors (Lipinski definition) is 1. The average molecular weight is 232 g/mol. The second-order valence-corrected chi connectivity index (χ2v) is 5.52. The number of rotatable bonds is 0. The van der Waals surface area contributed by atoms with Gasteiger partial charge in [0, 0.05) is 13.6 Å². The molecule has 1 N–H and O–H groups in total. The molecule has 0 fully saturated rings. The third kappa shape index (κ3) is 2.02. The standard InChI is InChI=1S/C14H20N2O/c1-14(2,3)11-7-5-6-10-8-9-16(12(10)11)13(17)15-4/h5-7H,8-9H2,1-4H3,(H,15,17). The normalized spacial score (nSPS) is 14.7. The van der Waals surface area contributed by atoms with E-state index in [0.29, 0.717) is 0 Å². The van der Waals surface area contributed by atoms with Gasteiger partial charge in [-0.15, -0.1) is 0 Å². The van der Waals surface area contributed by atoms with Gasteiger partial charge in [0.25, 0.3) is 0 Å². The highest BCUT2D eigenvalue weighted by atomic mass is 16.2. The van der Waals surface area contributed by atoms with Crippen LogP contribution in [0.25, 0.3) is 0 Å². The zero-order valence-electron chi connectivity index (χ0n) is 11.0. The van der Waals surface area contributed by atoms with Gasteiger partial charge in [0.15, 0.2) is 0 Å². The van der Waals surface area contributed by atoms with Crippen LogP contribution in [0.1, 0.15) is 31.9 Å². The Labute approximate surface area is 103 Å². The third-order valence-corrected chi connectivity index (χ3v) is 3.26. The van der Waals surface area contributed by atoms with Crippen LogP contribution in [0.15, 0.2) is 18.2 Å². The fourth-order valence-corrected chi connectivity index (χ4v) is 2.40. The smallest absolute Gasteiger partial charge is 0.321 e. The number of para-hydroxylation sites is 1. The molecule has 92 valence electrons. The van der Waals surface area contributed by atoms with Gasteiger partial charge in [0.1, 0.15) is 0 Å². The molecule has 1 aromatic carbocycles. The second kappa shape index (κ2) is 4.06. The average Bonchev–Trinajstić information content (AvgIpc) is 2.70. The molecule has 0 bridgehead atoms. The number of anilines is 1. The maximum Gasteiger partial charge on any atom is 0.321 e. The van der Waals surface area contributed by atoms with Crippen LogP contribution in [0.4, 0.5) is 10.5 Å². The van der Waals surface area contributed by atoms with Crippen molar-refractivity contribution in [2.75, 3.05) is 18.5 Å². The van der Waals surface area contributed by atoms with Gasteiger partial charge in [-0.3, -0.25) is 4.90 Å². The van der Waals surface area contributed by atoms with E-state index in [-0.39, 0.29) is 11.4 Å². The summed E-state index contributed by atoms with van der Waals surface area (Å²) in [5, 5.41) is 2.71. The van der Waals surface area contributed by atoms with Crippen molar-refractivity contribution in [2.24, 2.45) is 0 Å². The van der Waals surface area contributed by atoms with Crippen LogP contribution in [-0.2, 0) is 11.8 Å². The highest BCUT2D eigenvalue weighted by Gasteiger charge is 2.30. The number of benzene rings is 1. The number of amides is 2. The van der Waals surface area contributed by atoms with Crippen LogP contribution in [0, 0.1) is 0 Å². The van der Waals surface area contributed by atoms with Gasteiger partial charge < -0.3 is 5.32 Å². The Morgan fingerprint density at radius 2 is 2.06 bits per heavy atom. The van der Waals surface area contributed by atoms with Crippen molar-refractivity contribution in [3.8, 4) is 0 Å². The fourth-order valence-electron chi connectivity index (χ4n) is 2.40. The molecule has 0 spiro atoms. The van der Waals surface area contributed by atoms with Crippen LogP contribution in [-0.4, -0.2) is 19.6 Å². The van der Waals surface area contributed by atoms with Crippen LogP contribution < -0.4 is 10.2 Å². The SMILES string of the molecule is CNC(=O)N1CCc2cccc(C(C)(C)C)c21. The van der Waals surface area contributed by atoms with Crippen LogP contribution >= 0.6 is 0 Å². The zero-order chi connectivity index (χ0) is 12.6. The zero-order valence-corrected chi connectivity index (χ0v) is 11.0. The lowest BCUT2D eigenvalue weighted by Gasteiger charge is -2.27. The van der Waals surface area contributed by atoms with E-state index >= 15 is 0 Å². The summed E-state index contributed by atoms with van der Waals surface area (Å²) in [4.78, 5) is 13.7. The van der Waals surface area contributed by atoms with E-state index in [4.69, 9.17) is 0 Å². The Balaban J connectivity index is 2.53. The van der Waals surface area contributed by atoms with E-state index in [0.717, 1.165) is 18.7 Å². The molecule has 17 heavy (non-hydrogen) atoms. The Kier molecular flexibility index (Phi) is 2.86. The monoisotopic (exact) mass is 232 g/mol. The van der Waals surface area contributed by atoms with Crippen molar-refractivity contribution < 1.29 is 4.79 Å². The van der Waals surface area contributed by atoms with Crippen molar-refractivity contribution in [3.63, 3.8) is 0 Å². The quantitative estimate of drug-likeness (QED) is 0.733. The predicted molar refractivity (Wildman–Crippen MR) is 70.6 cm³/mol. The van der Waals surface area contributed by atoms with Gasteiger partial charge in [0.05, 0.1) is 5.69 Å². The van der Waals surface area contributed by atoms with E-state index < -0.39 is 0 Å². The minimum Gasteiger partial charge on any atom is -0.341 e. The van der Waals surface area contributed by atoms with E-state index in [9.17, 15) is 4.79 Å². The number of hydrogen-bond donors (Lipinski definition) is 1. The molecule has 2 amide bonds. The van der Waals surface area contributed by atoms with Crippen LogP contribution in [0.3, 0.4) is 0 Å².